The van der Waals surface area contributed by atoms with E-state index >= 15 is 0 Å². The summed E-state index contributed by atoms with van der Waals surface area (Å²) in [7, 11) is 0. The van der Waals surface area contributed by atoms with Crippen molar-refractivity contribution < 1.29 is 0 Å². The van der Waals surface area contributed by atoms with Crippen molar-refractivity contribution in [3.05, 3.63) is 182 Å². The van der Waals surface area contributed by atoms with Crippen molar-refractivity contribution in [3.8, 4) is 27.9 Å². The van der Waals surface area contributed by atoms with Gasteiger partial charge in [-0.1, -0.05) is 121 Å². The van der Waals surface area contributed by atoms with E-state index in [1.165, 1.54) is 49.7 Å². The molecule has 0 radical (unpaired) electrons. The molecule has 7 aromatic carbocycles. The quantitative estimate of drug-likeness (QED) is 0.196. The van der Waals surface area contributed by atoms with Crippen LogP contribution in [0.25, 0.3) is 49.7 Å². The van der Waals surface area contributed by atoms with E-state index in [-0.39, 0.29) is 0 Å². The van der Waals surface area contributed by atoms with Crippen molar-refractivity contribution in [2.45, 2.75) is 0 Å². The minimum Gasteiger partial charge on any atom is -0.310 e. The predicted octanol–water partition coefficient (Wildman–Crippen LogP) is 11.6. The Labute approximate surface area is 257 Å². The molecule has 0 amide bonds. The molecule has 8 aromatic rings. The zero-order valence-corrected chi connectivity index (χ0v) is 24.2. The normalized spacial score (nSPS) is 11.2. The van der Waals surface area contributed by atoms with Crippen LogP contribution in [0.2, 0.25) is 0 Å². The summed E-state index contributed by atoms with van der Waals surface area (Å²) in [6.07, 6.45) is 0. The van der Waals surface area contributed by atoms with Crippen LogP contribution in [-0.4, -0.2) is 4.57 Å². The average molecular weight is 563 g/mol. The number of hydrogen-bond donors (Lipinski definition) is 0. The van der Waals surface area contributed by atoms with Crippen LogP contribution in [0.15, 0.2) is 182 Å². The highest BCUT2D eigenvalue weighted by atomic mass is 15.1. The molecule has 0 aliphatic rings. The smallest absolute Gasteiger partial charge is 0.0547 e. The highest BCUT2D eigenvalue weighted by molar-refractivity contribution is 6.15. The molecule has 1 aromatic heterocycles. The lowest BCUT2D eigenvalue weighted by atomic mass is 9.98. The third-order valence-electron chi connectivity index (χ3n) is 8.37. The minimum absolute atomic E-state index is 1.12. The monoisotopic (exact) mass is 562 g/mol. The van der Waals surface area contributed by atoms with Gasteiger partial charge in [0, 0.05) is 33.5 Å². The molecule has 0 saturated carbocycles. The Bertz CT molecular complexity index is 2200. The summed E-state index contributed by atoms with van der Waals surface area (Å²) in [4.78, 5) is 2.34. The molecule has 44 heavy (non-hydrogen) atoms. The Morgan fingerprint density at radius 1 is 0.364 bits per heavy atom. The molecule has 2 heteroatoms. The fraction of sp³-hybridized carbons (Fsp3) is 0. The lowest BCUT2D eigenvalue weighted by Gasteiger charge is -2.26. The Morgan fingerprint density at radius 2 is 0.909 bits per heavy atom. The lowest BCUT2D eigenvalue weighted by Crippen LogP contribution is -2.09. The Hall–Kier alpha value is -5.86. The van der Waals surface area contributed by atoms with Gasteiger partial charge in [0.25, 0.3) is 0 Å². The number of aromatic nitrogens is 1. The molecule has 0 N–H and O–H groups in total. The van der Waals surface area contributed by atoms with Crippen LogP contribution in [0.4, 0.5) is 17.1 Å². The largest absolute Gasteiger partial charge is 0.310 e. The van der Waals surface area contributed by atoms with Gasteiger partial charge in [-0.05, 0) is 82.9 Å². The van der Waals surface area contributed by atoms with Crippen LogP contribution in [0.5, 0.6) is 0 Å². The second kappa shape index (κ2) is 11.1. The molecule has 0 spiro atoms. The van der Waals surface area contributed by atoms with Crippen LogP contribution in [0, 0.1) is 0 Å². The standard InChI is InChI=1S/C42H30N2/c1-4-14-31(15-5-1)32-26-28-36(29-27-32)43(34-17-6-2-7-18-34)37-21-12-16-33(30-37)38-23-13-25-41-42(38)39-22-10-11-24-40(39)44(41)35-19-8-3-9-20-35/h1-30H. The van der Waals surface area contributed by atoms with E-state index in [2.05, 4.69) is 191 Å². The maximum Gasteiger partial charge on any atom is 0.0547 e. The molecular formula is C42H30N2. The number of fused-ring (bicyclic) bond motifs is 3. The number of nitrogens with zero attached hydrogens (tertiary/aromatic N) is 2. The summed E-state index contributed by atoms with van der Waals surface area (Å²) in [6.45, 7) is 0. The number of rotatable bonds is 6. The molecule has 2 nitrogen and oxygen atoms in total. The Morgan fingerprint density at radius 3 is 1.68 bits per heavy atom. The zero-order chi connectivity index (χ0) is 29.3. The van der Waals surface area contributed by atoms with Gasteiger partial charge < -0.3 is 9.47 Å². The van der Waals surface area contributed by atoms with Crippen LogP contribution in [0.1, 0.15) is 0 Å². The fourth-order valence-corrected chi connectivity index (χ4v) is 6.39. The first-order valence-electron chi connectivity index (χ1n) is 15.0. The Balaban J connectivity index is 1.29. The minimum atomic E-state index is 1.12. The summed E-state index contributed by atoms with van der Waals surface area (Å²) in [6, 6.07) is 65.0. The van der Waals surface area contributed by atoms with Crippen LogP contribution < -0.4 is 4.90 Å². The van der Waals surface area contributed by atoms with Crippen LogP contribution >= 0.6 is 0 Å². The van der Waals surface area contributed by atoms with Crippen molar-refractivity contribution in [1.82, 2.24) is 4.57 Å². The fourth-order valence-electron chi connectivity index (χ4n) is 6.39. The van der Waals surface area contributed by atoms with Gasteiger partial charge in [0.1, 0.15) is 0 Å². The molecule has 0 aliphatic carbocycles. The van der Waals surface area contributed by atoms with Gasteiger partial charge in [0.05, 0.1) is 11.0 Å². The third kappa shape index (κ3) is 4.54. The van der Waals surface area contributed by atoms with E-state index in [0.717, 1.165) is 17.1 Å². The lowest BCUT2D eigenvalue weighted by molar-refractivity contribution is 1.18. The van der Waals surface area contributed by atoms with Crippen molar-refractivity contribution in [3.63, 3.8) is 0 Å². The van der Waals surface area contributed by atoms with E-state index in [4.69, 9.17) is 0 Å². The number of benzene rings is 7. The topological polar surface area (TPSA) is 8.17 Å². The van der Waals surface area contributed by atoms with Gasteiger partial charge in [0.15, 0.2) is 0 Å². The highest BCUT2D eigenvalue weighted by Gasteiger charge is 2.18. The van der Waals surface area contributed by atoms with E-state index in [0.29, 0.717) is 0 Å². The molecule has 0 saturated heterocycles. The zero-order valence-electron chi connectivity index (χ0n) is 24.2. The first-order valence-corrected chi connectivity index (χ1v) is 15.0. The molecule has 208 valence electrons. The molecule has 0 bridgehead atoms. The molecule has 8 rings (SSSR count). The molecule has 0 atom stereocenters. The van der Waals surface area contributed by atoms with E-state index in [1.807, 2.05) is 0 Å². The molecular weight excluding hydrogens is 532 g/mol. The molecule has 1 heterocycles. The van der Waals surface area contributed by atoms with E-state index < -0.39 is 0 Å². The third-order valence-corrected chi connectivity index (χ3v) is 8.37. The van der Waals surface area contributed by atoms with Crippen molar-refractivity contribution >= 4 is 38.9 Å². The molecule has 0 unspecified atom stereocenters. The summed E-state index contributed by atoms with van der Waals surface area (Å²) >= 11 is 0. The van der Waals surface area contributed by atoms with E-state index in [1.54, 1.807) is 0 Å². The molecule has 0 fully saturated rings. The summed E-state index contributed by atoms with van der Waals surface area (Å²) in [5, 5.41) is 2.52. The van der Waals surface area contributed by atoms with Gasteiger partial charge in [0.2, 0.25) is 0 Å². The van der Waals surface area contributed by atoms with Gasteiger partial charge in [-0.15, -0.1) is 0 Å². The van der Waals surface area contributed by atoms with Crippen molar-refractivity contribution in [1.29, 1.82) is 0 Å². The highest BCUT2D eigenvalue weighted by Crippen LogP contribution is 2.41. The number of hydrogen-bond acceptors (Lipinski definition) is 1. The second-order valence-corrected chi connectivity index (χ2v) is 11.0. The summed E-state index contributed by atoms with van der Waals surface area (Å²) < 4.78 is 2.38. The van der Waals surface area contributed by atoms with Crippen LogP contribution in [0.3, 0.4) is 0 Å². The SMILES string of the molecule is c1ccc(-c2ccc(N(c3ccccc3)c3cccc(-c4cccc5c4c4ccccc4n5-c4ccccc4)c3)cc2)cc1. The maximum absolute atomic E-state index is 2.38. The first-order chi connectivity index (χ1) is 21.8. The summed E-state index contributed by atoms with van der Waals surface area (Å²) in [5.41, 5.74) is 11.8. The van der Waals surface area contributed by atoms with Gasteiger partial charge >= 0.3 is 0 Å². The van der Waals surface area contributed by atoms with Gasteiger partial charge in [-0.25, -0.2) is 0 Å². The Kier molecular flexibility index (Phi) is 6.51. The second-order valence-electron chi connectivity index (χ2n) is 11.0. The number of para-hydroxylation sites is 3. The summed E-state index contributed by atoms with van der Waals surface area (Å²) in [5.74, 6) is 0. The number of anilines is 3. The van der Waals surface area contributed by atoms with Crippen molar-refractivity contribution in [2.24, 2.45) is 0 Å². The van der Waals surface area contributed by atoms with Crippen LogP contribution in [-0.2, 0) is 0 Å². The average Bonchev–Trinajstić information content (AvgIpc) is 3.45. The maximum atomic E-state index is 2.38. The van der Waals surface area contributed by atoms with Gasteiger partial charge in [-0.3, -0.25) is 0 Å². The first kappa shape index (κ1) is 25.8. The predicted molar refractivity (Wildman–Crippen MR) is 186 cm³/mol. The van der Waals surface area contributed by atoms with E-state index in [9.17, 15) is 0 Å². The van der Waals surface area contributed by atoms with Crippen molar-refractivity contribution in [2.75, 3.05) is 4.90 Å². The molecule has 0 aliphatic heterocycles. The van der Waals surface area contributed by atoms with Gasteiger partial charge in [-0.2, -0.15) is 0 Å².